The normalized spacial score (nSPS) is 12.5. The van der Waals surface area contributed by atoms with E-state index in [2.05, 4.69) is 13.8 Å². The summed E-state index contributed by atoms with van der Waals surface area (Å²) >= 11 is 0. The molecule has 0 heterocycles. The minimum absolute atomic E-state index is 0.0104. The van der Waals surface area contributed by atoms with E-state index in [1.807, 2.05) is 37.3 Å². The quantitative estimate of drug-likeness (QED) is 0.712. The van der Waals surface area contributed by atoms with Crippen molar-refractivity contribution in [1.82, 2.24) is 0 Å². The van der Waals surface area contributed by atoms with Crippen LogP contribution < -0.4 is 0 Å². The molecule has 0 saturated carbocycles. The summed E-state index contributed by atoms with van der Waals surface area (Å²) in [7, 11) is 0. The van der Waals surface area contributed by atoms with Gasteiger partial charge in [0.2, 0.25) is 0 Å². The Kier molecular flexibility index (Phi) is 5.03. The van der Waals surface area contributed by atoms with Crippen LogP contribution in [0.4, 0.5) is 0 Å². The van der Waals surface area contributed by atoms with Crippen molar-refractivity contribution < 1.29 is 9.53 Å². The van der Waals surface area contributed by atoms with E-state index in [9.17, 15) is 4.79 Å². The van der Waals surface area contributed by atoms with Crippen molar-refractivity contribution in [2.45, 2.75) is 39.7 Å². The highest BCUT2D eigenvalue weighted by Gasteiger charge is 2.11. The molecule has 88 valence electrons. The van der Waals surface area contributed by atoms with Gasteiger partial charge in [0.1, 0.15) is 0 Å². The molecule has 16 heavy (non-hydrogen) atoms. The summed E-state index contributed by atoms with van der Waals surface area (Å²) in [5.74, 6) is 0.416. The van der Waals surface area contributed by atoms with Gasteiger partial charge >= 0.3 is 5.97 Å². The zero-order valence-corrected chi connectivity index (χ0v) is 10.3. The number of rotatable bonds is 5. The van der Waals surface area contributed by atoms with Gasteiger partial charge in [-0.1, -0.05) is 44.2 Å². The minimum atomic E-state index is -0.139. The van der Waals surface area contributed by atoms with Gasteiger partial charge in [-0.3, -0.25) is 4.79 Å². The Hall–Kier alpha value is -1.31. The van der Waals surface area contributed by atoms with Gasteiger partial charge in [-0.25, -0.2) is 0 Å². The first-order valence-electron chi connectivity index (χ1n) is 5.81. The second kappa shape index (κ2) is 6.31. The van der Waals surface area contributed by atoms with Crippen LogP contribution in [0.2, 0.25) is 0 Å². The third-order valence-electron chi connectivity index (χ3n) is 2.33. The van der Waals surface area contributed by atoms with Crippen LogP contribution in [0.1, 0.15) is 32.8 Å². The molecular weight excluding hydrogens is 200 g/mol. The van der Waals surface area contributed by atoms with Crippen LogP contribution in [0.15, 0.2) is 30.3 Å². The van der Waals surface area contributed by atoms with E-state index < -0.39 is 0 Å². The lowest BCUT2D eigenvalue weighted by atomic mass is 10.1. The van der Waals surface area contributed by atoms with E-state index in [-0.39, 0.29) is 12.1 Å². The van der Waals surface area contributed by atoms with E-state index in [4.69, 9.17) is 4.74 Å². The number of hydrogen-bond acceptors (Lipinski definition) is 2. The molecule has 0 unspecified atom stereocenters. The maximum atomic E-state index is 11.6. The van der Waals surface area contributed by atoms with Gasteiger partial charge in [-0.15, -0.1) is 0 Å². The zero-order valence-electron chi connectivity index (χ0n) is 10.3. The smallest absolute Gasteiger partial charge is 0.310 e. The number of carbonyl (C=O) groups excluding carboxylic acids is 1. The average molecular weight is 220 g/mol. The molecule has 1 aromatic rings. The molecule has 0 radical (unpaired) electrons. The monoisotopic (exact) mass is 220 g/mol. The van der Waals surface area contributed by atoms with Gasteiger partial charge in [-0.05, 0) is 24.8 Å². The Morgan fingerprint density at radius 3 is 2.38 bits per heavy atom. The fourth-order valence-corrected chi connectivity index (χ4v) is 1.74. The molecule has 0 aliphatic carbocycles. The van der Waals surface area contributed by atoms with Crippen molar-refractivity contribution in [2.75, 3.05) is 0 Å². The standard InChI is InChI=1S/C14H20O2/c1-11(2)9-12(3)16-14(15)10-13-7-5-4-6-8-13/h4-8,11-12H,9-10H2,1-3H3/t12-/m0/s1. The molecule has 0 aromatic heterocycles. The highest BCUT2D eigenvalue weighted by atomic mass is 16.5. The maximum Gasteiger partial charge on any atom is 0.310 e. The van der Waals surface area contributed by atoms with Gasteiger partial charge in [0, 0.05) is 0 Å². The lowest BCUT2D eigenvalue weighted by Crippen LogP contribution is -2.18. The van der Waals surface area contributed by atoms with Gasteiger partial charge in [0.05, 0.1) is 12.5 Å². The van der Waals surface area contributed by atoms with Gasteiger partial charge in [-0.2, -0.15) is 0 Å². The van der Waals surface area contributed by atoms with Crippen molar-refractivity contribution in [2.24, 2.45) is 5.92 Å². The van der Waals surface area contributed by atoms with Crippen LogP contribution in [-0.2, 0) is 16.0 Å². The summed E-state index contributed by atoms with van der Waals surface area (Å²) in [6.45, 7) is 6.20. The summed E-state index contributed by atoms with van der Waals surface area (Å²) in [5.41, 5.74) is 1.00. The highest BCUT2D eigenvalue weighted by Crippen LogP contribution is 2.09. The summed E-state index contributed by atoms with van der Waals surface area (Å²) in [5, 5.41) is 0. The Morgan fingerprint density at radius 1 is 1.19 bits per heavy atom. The highest BCUT2D eigenvalue weighted by molar-refractivity contribution is 5.72. The molecule has 0 N–H and O–H groups in total. The van der Waals surface area contributed by atoms with E-state index in [0.717, 1.165) is 12.0 Å². The minimum Gasteiger partial charge on any atom is -0.462 e. The number of benzene rings is 1. The molecule has 0 amide bonds. The van der Waals surface area contributed by atoms with Crippen LogP contribution in [0.3, 0.4) is 0 Å². The molecule has 0 bridgehead atoms. The third-order valence-corrected chi connectivity index (χ3v) is 2.33. The van der Waals surface area contributed by atoms with Gasteiger partial charge < -0.3 is 4.74 Å². The number of esters is 1. The van der Waals surface area contributed by atoms with Crippen LogP contribution in [-0.4, -0.2) is 12.1 Å². The van der Waals surface area contributed by atoms with Crippen LogP contribution in [0.5, 0.6) is 0 Å². The predicted octanol–water partition coefficient (Wildman–Crippen LogP) is 3.21. The SMILES string of the molecule is CC(C)C[C@H](C)OC(=O)Cc1ccccc1. The Balaban J connectivity index is 2.36. The molecule has 2 heteroatoms. The Labute approximate surface area is 97.6 Å². The van der Waals surface area contributed by atoms with Crippen molar-refractivity contribution >= 4 is 5.97 Å². The van der Waals surface area contributed by atoms with Crippen molar-refractivity contribution in [3.8, 4) is 0 Å². The van der Waals surface area contributed by atoms with E-state index in [1.165, 1.54) is 0 Å². The fraction of sp³-hybridized carbons (Fsp3) is 0.500. The molecular formula is C14H20O2. The van der Waals surface area contributed by atoms with Crippen molar-refractivity contribution in [1.29, 1.82) is 0 Å². The third kappa shape index (κ3) is 4.96. The topological polar surface area (TPSA) is 26.3 Å². The number of carbonyl (C=O) groups is 1. The van der Waals surface area contributed by atoms with Gasteiger partial charge in [0.25, 0.3) is 0 Å². The second-order valence-corrected chi connectivity index (χ2v) is 4.59. The number of hydrogen-bond donors (Lipinski definition) is 0. The first kappa shape index (κ1) is 12.8. The molecule has 2 nitrogen and oxygen atoms in total. The Bertz CT molecular complexity index is 317. The lowest BCUT2D eigenvalue weighted by Gasteiger charge is -2.15. The molecule has 0 saturated heterocycles. The fourth-order valence-electron chi connectivity index (χ4n) is 1.74. The lowest BCUT2D eigenvalue weighted by molar-refractivity contribution is -0.148. The molecule has 1 aromatic carbocycles. The molecule has 0 aliphatic rings. The Morgan fingerprint density at radius 2 is 1.81 bits per heavy atom. The number of ether oxygens (including phenoxy) is 1. The largest absolute Gasteiger partial charge is 0.462 e. The van der Waals surface area contributed by atoms with Crippen molar-refractivity contribution in [3.63, 3.8) is 0 Å². The first-order valence-corrected chi connectivity index (χ1v) is 5.81. The molecule has 0 aliphatic heterocycles. The van der Waals surface area contributed by atoms with Crippen LogP contribution in [0, 0.1) is 5.92 Å². The van der Waals surface area contributed by atoms with Gasteiger partial charge in [0.15, 0.2) is 0 Å². The molecule has 0 fully saturated rings. The first-order chi connectivity index (χ1) is 7.58. The zero-order chi connectivity index (χ0) is 12.0. The van der Waals surface area contributed by atoms with Crippen LogP contribution >= 0.6 is 0 Å². The molecule has 0 spiro atoms. The van der Waals surface area contributed by atoms with Crippen molar-refractivity contribution in [3.05, 3.63) is 35.9 Å². The molecule has 1 rings (SSSR count). The van der Waals surface area contributed by atoms with E-state index in [0.29, 0.717) is 12.3 Å². The maximum absolute atomic E-state index is 11.6. The summed E-state index contributed by atoms with van der Waals surface area (Å²) in [6.07, 6.45) is 1.29. The molecule has 1 atom stereocenters. The summed E-state index contributed by atoms with van der Waals surface area (Å²) in [6, 6.07) is 9.68. The second-order valence-electron chi connectivity index (χ2n) is 4.59. The van der Waals surface area contributed by atoms with Crippen LogP contribution in [0.25, 0.3) is 0 Å². The van der Waals surface area contributed by atoms with E-state index >= 15 is 0 Å². The average Bonchev–Trinajstić information content (AvgIpc) is 2.17. The summed E-state index contributed by atoms with van der Waals surface area (Å²) < 4.78 is 5.33. The summed E-state index contributed by atoms with van der Waals surface area (Å²) in [4.78, 5) is 11.6. The predicted molar refractivity (Wildman–Crippen MR) is 65.2 cm³/mol. The van der Waals surface area contributed by atoms with E-state index in [1.54, 1.807) is 0 Å².